The number of nitro benzene ring substituents is 1. The van der Waals surface area contributed by atoms with Crippen LogP contribution in [-0.4, -0.2) is 40.4 Å². The van der Waals surface area contributed by atoms with Gasteiger partial charge < -0.3 is 9.67 Å². The number of hydrogen-bond donors (Lipinski definition) is 1. The Balaban J connectivity index is 2.14. The van der Waals surface area contributed by atoms with Crippen molar-refractivity contribution in [2.24, 2.45) is 17.3 Å². The summed E-state index contributed by atoms with van der Waals surface area (Å²) in [6, 6.07) is 10.6. The minimum atomic E-state index is -4.05. The van der Waals surface area contributed by atoms with Crippen molar-refractivity contribution in [1.82, 2.24) is 8.87 Å². The fraction of sp³-hybridized carbons (Fsp3) is 0.333. The first-order valence-electron chi connectivity index (χ1n) is 10.2. The van der Waals surface area contributed by atoms with Gasteiger partial charge in [-0.05, 0) is 18.6 Å². The number of unbranched alkanes of at least 4 members (excludes halogenated alkanes) is 1. The van der Waals surface area contributed by atoms with Crippen molar-refractivity contribution in [2.45, 2.75) is 31.6 Å². The molecular formula is C21H25N5O5S. The highest BCUT2D eigenvalue weighted by Gasteiger charge is 2.28. The molecule has 0 unspecified atom stereocenters. The molecule has 2 aromatic carbocycles. The van der Waals surface area contributed by atoms with Crippen LogP contribution in [0.25, 0.3) is 10.9 Å². The fourth-order valence-electron chi connectivity index (χ4n) is 3.39. The molecule has 0 saturated heterocycles. The Hall–Kier alpha value is -3.31. The molecule has 0 atom stereocenters. The first-order chi connectivity index (χ1) is 15.2. The molecule has 10 nitrogen and oxygen atoms in total. The van der Waals surface area contributed by atoms with Crippen molar-refractivity contribution in [1.29, 1.82) is 0 Å². The monoisotopic (exact) mass is 459 g/mol. The van der Waals surface area contributed by atoms with E-state index in [1.807, 2.05) is 19.1 Å². The van der Waals surface area contributed by atoms with Crippen LogP contribution in [-0.2, 0) is 17.1 Å². The number of benzene rings is 2. The Bertz CT molecular complexity index is 1280. The molecule has 1 N–H and O–H groups in total. The van der Waals surface area contributed by atoms with Gasteiger partial charge in [0, 0.05) is 37.7 Å². The number of aromatic nitrogens is 1. The number of non-ortho nitro benzene ring substituents is 1. The lowest BCUT2D eigenvalue weighted by atomic mass is 10.2. The molecule has 0 aliphatic carbocycles. The molecular weight excluding hydrogens is 434 g/mol. The van der Waals surface area contributed by atoms with Gasteiger partial charge in [-0.15, -0.1) is 10.2 Å². The largest absolute Gasteiger partial charge is 0.493 e. The lowest BCUT2D eigenvalue weighted by molar-refractivity contribution is -0.385. The van der Waals surface area contributed by atoms with Crippen molar-refractivity contribution >= 4 is 38.0 Å². The third-order valence-corrected chi connectivity index (χ3v) is 7.20. The smallest absolute Gasteiger partial charge is 0.270 e. The maximum atomic E-state index is 13.3. The molecule has 3 rings (SSSR count). The molecule has 0 amide bonds. The van der Waals surface area contributed by atoms with Crippen molar-refractivity contribution in [3.05, 3.63) is 52.6 Å². The lowest BCUT2D eigenvalue weighted by Gasteiger charge is -2.20. The summed E-state index contributed by atoms with van der Waals surface area (Å²) in [6.07, 6.45) is 1.45. The van der Waals surface area contributed by atoms with E-state index in [1.54, 1.807) is 30.7 Å². The Morgan fingerprint density at radius 3 is 2.53 bits per heavy atom. The van der Waals surface area contributed by atoms with E-state index in [-0.39, 0.29) is 34.4 Å². The van der Waals surface area contributed by atoms with Gasteiger partial charge in [0.15, 0.2) is 5.69 Å². The van der Waals surface area contributed by atoms with Gasteiger partial charge in [-0.2, -0.15) is 4.31 Å². The van der Waals surface area contributed by atoms with Gasteiger partial charge in [0.1, 0.15) is 10.6 Å². The minimum Gasteiger partial charge on any atom is -0.493 e. The average Bonchev–Trinajstić information content (AvgIpc) is 3.02. The Morgan fingerprint density at radius 2 is 1.88 bits per heavy atom. The summed E-state index contributed by atoms with van der Waals surface area (Å²) in [5, 5.41) is 30.6. The number of aromatic hydroxyl groups is 1. The molecule has 3 aromatic rings. The van der Waals surface area contributed by atoms with Gasteiger partial charge >= 0.3 is 0 Å². The Kier molecular flexibility index (Phi) is 6.90. The van der Waals surface area contributed by atoms with E-state index in [9.17, 15) is 23.6 Å². The zero-order chi connectivity index (χ0) is 23.5. The molecule has 170 valence electrons. The van der Waals surface area contributed by atoms with Crippen LogP contribution in [0.5, 0.6) is 5.88 Å². The van der Waals surface area contributed by atoms with E-state index < -0.39 is 14.9 Å². The highest BCUT2D eigenvalue weighted by Crippen LogP contribution is 2.39. The lowest BCUT2D eigenvalue weighted by Crippen LogP contribution is -2.32. The van der Waals surface area contributed by atoms with E-state index in [1.165, 1.54) is 16.4 Å². The van der Waals surface area contributed by atoms with Crippen LogP contribution < -0.4 is 0 Å². The van der Waals surface area contributed by atoms with Gasteiger partial charge in [0.2, 0.25) is 15.9 Å². The van der Waals surface area contributed by atoms with Gasteiger partial charge in [-0.25, -0.2) is 8.42 Å². The van der Waals surface area contributed by atoms with Crippen molar-refractivity contribution in [2.75, 3.05) is 13.1 Å². The molecule has 1 heterocycles. The van der Waals surface area contributed by atoms with Crippen LogP contribution in [0, 0.1) is 10.1 Å². The normalized spacial score (nSPS) is 12.2. The molecule has 11 heteroatoms. The summed E-state index contributed by atoms with van der Waals surface area (Å²) in [5.74, 6) is -0.126. The second-order valence-electron chi connectivity index (χ2n) is 7.21. The third-order valence-electron chi connectivity index (χ3n) is 5.19. The van der Waals surface area contributed by atoms with Crippen molar-refractivity contribution in [3.8, 4) is 5.88 Å². The molecule has 0 radical (unpaired) electrons. The summed E-state index contributed by atoms with van der Waals surface area (Å²) >= 11 is 0. The highest BCUT2D eigenvalue weighted by molar-refractivity contribution is 7.89. The number of para-hydroxylation sites is 1. The second-order valence-corrected chi connectivity index (χ2v) is 9.11. The number of nitrogens with zero attached hydrogens (tertiary/aromatic N) is 5. The van der Waals surface area contributed by atoms with Crippen LogP contribution in [0.2, 0.25) is 0 Å². The summed E-state index contributed by atoms with van der Waals surface area (Å²) in [5.41, 5.74) is 0.510. The van der Waals surface area contributed by atoms with E-state index in [0.29, 0.717) is 18.4 Å². The number of azo groups is 1. The quantitative estimate of drug-likeness (QED) is 0.273. The summed E-state index contributed by atoms with van der Waals surface area (Å²) < 4.78 is 29.4. The number of aryl methyl sites for hydroxylation is 1. The van der Waals surface area contributed by atoms with Crippen LogP contribution >= 0.6 is 0 Å². The SMILES string of the molecule is CCCCN(CC)S(=O)(=O)c1cc([N+](=O)[O-])ccc1N=Nc1c(O)n(C)c2ccccc12. The molecule has 0 spiro atoms. The Labute approximate surface area is 186 Å². The first-order valence-corrected chi connectivity index (χ1v) is 11.6. The standard InChI is InChI=1S/C21H25N5O5S/c1-4-6-13-25(5-2)32(30,31)19-14-15(26(28)29)11-12-17(19)22-23-20-16-9-7-8-10-18(16)24(3)21(20)27/h7-12,14,27H,4-6,13H2,1-3H3. The van der Waals surface area contributed by atoms with Crippen LogP contribution in [0.1, 0.15) is 26.7 Å². The third kappa shape index (κ3) is 4.34. The van der Waals surface area contributed by atoms with Gasteiger partial charge in [-0.1, -0.05) is 38.5 Å². The maximum Gasteiger partial charge on any atom is 0.270 e. The van der Waals surface area contributed by atoms with Crippen molar-refractivity contribution < 1.29 is 18.4 Å². The number of nitro groups is 1. The second kappa shape index (κ2) is 9.45. The number of rotatable bonds is 9. The van der Waals surface area contributed by atoms with E-state index in [2.05, 4.69) is 10.2 Å². The van der Waals surface area contributed by atoms with E-state index in [4.69, 9.17) is 0 Å². The average molecular weight is 460 g/mol. The molecule has 0 aliphatic heterocycles. The molecule has 0 aliphatic rings. The van der Waals surface area contributed by atoms with E-state index >= 15 is 0 Å². The zero-order valence-electron chi connectivity index (χ0n) is 18.1. The van der Waals surface area contributed by atoms with Gasteiger partial charge in [-0.3, -0.25) is 10.1 Å². The number of fused-ring (bicyclic) bond motifs is 1. The molecule has 0 bridgehead atoms. The minimum absolute atomic E-state index is 0.0436. The van der Waals surface area contributed by atoms with Gasteiger partial charge in [0.05, 0.1) is 10.4 Å². The maximum absolute atomic E-state index is 13.3. The highest BCUT2D eigenvalue weighted by atomic mass is 32.2. The molecule has 32 heavy (non-hydrogen) atoms. The Morgan fingerprint density at radius 1 is 1.16 bits per heavy atom. The van der Waals surface area contributed by atoms with Crippen LogP contribution in [0.4, 0.5) is 17.1 Å². The topological polar surface area (TPSA) is 130 Å². The number of sulfonamides is 1. The predicted molar refractivity (Wildman–Crippen MR) is 121 cm³/mol. The zero-order valence-corrected chi connectivity index (χ0v) is 18.9. The predicted octanol–water partition coefficient (Wildman–Crippen LogP) is 5.02. The van der Waals surface area contributed by atoms with E-state index in [0.717, 1.165) is 18.0 Å². The number of hydrogen-bond acceptors (Lipinski definition) is 7. The van der Waals surface area contributed by atoms with Crippen molar-refractivity contribution in [3.63, 3.8) is 0 Å². The summed E-state index contributed by atoms with van der Waals surface area (Å²) in [4.78, 5) is 10.3. The molecule has 0 saturated carbocycles. The molecule has 1 aromatic heterocycles. The first kappa shape index (κ1) is 23.4. The summed E-state index contributed by atoms with van der Waals surface area (Å²) in [6.45, 7) is 4.16. The van der Waals surface area contributed by atoms with Crippen LogP contribution in [0.15, 0.2) is 57.6 Å². The van der Waals surface area contributed by atoms with Crippen LogP contribution in [0.3, 0.4) is 0 Å². The van der Waals surface area contributed by atoms with Gasteiger partial charge in [0.25, 0.3) is 5.69 Å². The molecule has 0 fully saturated rings. The summed E-state index contributed by atoms with van der Waals surface area (Å²) in [7, 11) is -2.38. The fourth-order valence-corrected chi connectivity index (χ4v) is 5.02.